The summed E-state index contributed by atoms with van der Waals surface area (Å²) < 4.78 is 18.9. The zero-order valence-corrected chi connectivity index (χ0v) is 16.0. The van der Waals surface area contributed by atoms with E-state index < -0.39 is 0 Å². The van der Waals surface area contributed by atoms with Gasteiger partial charge in [0.2, 0.25) is 0 Å². The molecule has 0 aliphatic carbocycles. The SMILES string of the molecule is CCc1ncnc(NC(CC)c2cccc(Oc3ccc(F)cc3)c2)c1Cl. The highest BCUT2D eigenvalue weighted by molar-refractivity contribution is 6.33. The van der Waals surface area contributed by atoms with Gasteiger partial charge in [-0.2, -0.15) is 0 Å². The summed E-state index contributed by atoms with van der Waals surface area (Å²) in [6.07, 6.45) is 3.10. The van der Waals surface area contributed by atoms with Crippen molar-refractivity contribution in [1.82, 2.24) is 9.97 Å². The number of hydrogen-bond acceptors (Lipinski definition) is 4. The third-order valence-electron chi connectivity index (χ3n) is 4.23. The average molecular weight is 386 g/mol. The number of halogens is 2. The maximum Gasteiger partial charge on any atom is 0.149 e. The van der Waals surface area contributed by atoms with E-state index in [0.29, 0.717) is 22.3 Å². The summed E-state index contributed by atoms with van der Waals surface area (Å²) in [4.78, 5) is 8.48. The van der Waals surface area contributed by atoms with Crippen molar-refractivity contribution in [3.05, 3.63) is 77.0 Å². The van der Waals surface area contributed by atoms with Crippen LogP contribution in [-0.4, -0.2) is 9.97 Å². The van der Waals surface area contributed by atoms with Crippen LogP contribution in [0.3, 0.4) is 0 Å². The molecule has 3 rings (SSSR count). The number of ether oxygens (including phenoxy) is 1. The normalized spacial score (nSPS) is 11.9. The summed E-state index contributed by atoms with van der Waals surface area (Å²) in [5.41, 5.74) is 1.86. The van der Waals surface area contributed by atoms with Crippen molar-refractivity contribution in [3.8, 4) is 11.5 Å². The molecule has 1 unspecified atom stereocenters. The first-order chi connectivity index (χ1) is 13.1. The molecular weight excluding hydrogens is 365 g/mol. The molecule has 0 aliphatic rings. The minimum Gasteiger partial charge on any atom is -0.457 e. The van der Waals surface area contributed by atoms with E-state index in [-0.39, 0.29) is 11.9 Å². The molecule has 0 aliphatic heterocycles. The minimum absolute atomic E-state index is 0.0128. The molecule has 6 heteroatoms. The van der Waals surface area contributed by atoms with Crippen molar-refractivity contribution in [1.29, 1.82) is 0 Å². The molecule has 0 saturated heterocycles. The summed E-state index contributed by atoms with van der Waals surface area (Å²) in [5.74, 6) is 1.60. The fourth-order valence-corrected chi connectivity index (χ4v) is 3.06. The van der Waals surface area contributed by atoms with E-state index in [1.807, 2.05) is 31.2 Å². The van der Waals surface area contributed by atoms with Crippen molar-refractivity contribution in [3.63, 3.8) is 0 Å². The van der Waals surface area contributed by atoms with Gasteiger partial charge < -0.3 is 10.1 Å². The Bertz CT molecular complexity index is 902. The van der Waals surface area contributed by atoms with Crippen LogP contribution in [0.15, 0.2) is 54.9 Å². The molecule has 1 N–H and O–H groups in total. The van der Waals surface area contributed by atoms with Crippen LogP contribution >= 0.6 is 11.6 Å². The van der Waals surface area contributed by atoms with E-state index in [9.17, 15) is 4.39 Å². The van der Waals surface area contributed by atoms with Gasteiger partial charge in [0.25, 0.3) is 0 Å². The first-order valence-corrected chi connectivity index (χ1v) is 9.27. The molecule has 27 heavy (non-hydrogen) atoms. The Labute approximate surface area is 163 Å². The number of nitrogens with one attached hydrogen (secondary N) is 1. The number of benzene rings is 2. The van der Waals surface area contributed by atoms with Crippen LogP contribution < -0.4 is 10.1 Å². The highest BCUT2D eigenvalue weighted by Gasteiger charge is 2.15. The zero-order valence-electron chi connectivity index (χ0n) is 15.2. The maximum absolute atomic E-state index is 13.0. The lowest BCUT2D eigenvalue weighted by atomic mass is 10.0. The number of anilines is 1. The lowest BCUT2D eigenvalue weighted by Crippen LogP contribution is -2.12. The van der Waals surface area contributed by atoms with Crippen LogP contribution in [-0.2, 0) is 6.42 Å². The Morgan fingerprint density at radius 2 is 1.85 bits per heavy atom. The van der Waals surface area contributed by atoms with E-state index >= 15 is 0 Å². The monoisotopic (exact) mass is 385 g/mol. The number of aromatic nitrogens is 2. The molecule has 1 atom stereocenters. The van der Waals surface area contributed by atoms with Gasteiger partial charge in [-0.05, 0) is 54.8 Å². The molecule has 0 bridgehead atoms. The van der Waals surface area contributed by atoms with Crippen LogP contribution in [0.4, 0.5) is 10.2 Å². The van der Waals surface area contributed by atoms with Gasteiger partial charge in [0.1, 0.15) is 34.5 Å². The van der Waals surface area contributed by atoms with Crippen LogP contribution in [0.25, 0.3) is 0 Å². The standard InChI is InChI=1S/C21H21ClFN3O/c1-3-18(26-21-20(22)19(4-2)24-13-25-21)14-6-5-7-17(12-14)27-16-10-8-15(23)9-11-16/h5-13,18H,3-4H2,1-2H3,(H,24,25,26). The van der Waals surface area contributed by atoms with Crippen molar-refractivity contribution in [2.75, 3.05) is 5.32 Å². The van der Waals surface area contributed by atoms with Crippen molar-refractivity contribution < 1.29 is 9.13 Å². The summed E-state index contributed by atoms with van der Waals surface area (Å²) in [7, 11) is 0. The lowest BCUT2D eigenvalue weighted by Gasteiger charge is -2.20. The molecule has 1 heterocycles. The smallest absolute Gasteiger partial charge is 0.149 e. The molecular formula is C21H21ClFN3O. The van der Waals surface area contributed by atoms with E-state index in [1.54, 1.807) is 12.1 Å². The van der Waals surface area contributed by atoms with Crippen molar-refractivity contribution in [2.45, 2.75) is 32.7 Å². The first kappa shape index (κ1) is 19.1. The second-order valence-electron chi connectivity index (χ2n) is 6.07. The summed E-state index contributed by atoms with van der Waals surface area (Å²) in [6, 6.07) is 13.7. The van der Waals surface area contributed by atoms with Gasteiger partial charge in [-0.25, -0.2) is 14.4 Å². The molecule has 3 aromatic rings. The maximum atomic E-state index is 13.0. The quantitative estimate of drug-likeness (QED) is 0.527. The van der Waals surface area contributed by atoms with Gasteiger partial charge in [-0.1, -0.05) is 37.6 Å². The van der Waals surface area contributed by atoms with Gasteiger partial charge in [0.15, 0.2) is 0 Å². The summed E-state index contributed by atoms with van der Waals surface area (Å²) in [6.45, 7) is 4.09. The molecule has 140 valence electrons. The Morgan fingerprint density at radius 1 is 1.07 bits per heavy atom. The highest BCUT2D eigenvalue weighted by Crippen LogP contribution is 2.30. The zero-order chi connectivity index (χ0) is 19.2. The number of nitrogens with zero attached hydrogens (tertiary/aromatic N) is 2. The number of hydrogen-bond donors (Lipinski definition) is 1. The molecule has 0 spiro atoms. The van der Waals surface area contributed by atoms with Crippen LogP contribution in [0.5, 0.6) is 11.5 Å². The molecule has 4 nitrogen and oxygen atoms in total. The van der Waals surface area contributed by atoms with Gasteiger partial charge in [0, 0.05) is 0 Å². The second kappa shape index (κ2) is 8.82. The van der Waals surface area contributed by atoms with Crippen molar-refractivity contribution >= 4 is 17.4 Å². The second-order valence-corrected chi connectivity index (χ2v) is 6.45. The van der Waals surface area contributed by atoms with E-state index in [4.69, 9.17) is 16.3 Å². The number of aryl methyl sites for hydroxylation is 1. The third-order valence-corrected chi connectivity index (χ3v) is 4.62. The molecule has 0 saturated carbocycles. The van der Waals surface area contributed by atoms with E-state index in [0.717, 1.165) is 24.1 Å². The van der Waals surface area contributed by atoms with Crippen molar-refractivity contribution in [2.24, 2.45) is 0 Å². The predicted octanol–water partition coefficient (Wildman–Crippen LogP) is 6.19. The largest absolute Gasteiger partial charge is 0.457 e. The molecule has 1 aromatic heterocycles. The predicted molar refractivity (Wildman–Crippen MR) is 106 cm³/mol. The average Bonchev–Trinajstić information content (AvgIpc) is 2.69. The molecule has 0 radical (unpaired) electrons. The molecule has 0 amide bonds. The van der Waals surface area contributed by atoms with Gasteiger partial charge in [-0.3, -0.25) is 0 Å². The summed E-state index contributed by atoms with van der Waals surface area (Å²) in [5, 5.41) is 3.95. The third kappa shape index (κ3) is 4.74. The lowest BCUT2D eigenvalue weighted by molar-refractivity contribution is 0.479. The Hall–Kier alpha value is -2.66. The first-order valence-electron chi connectivity index (χ1n) is 8.90. The van der Waals surface area contributed by atoms with Crippen LogP contribution in [0, 0.1) is 5.82 Å². The molecule has 2 aromatic carbocycles. The Kier molecular flexibility index (Phi) is 6.24. The Morgan fingerprint density at radius 3 is 2.56 bits per heavy atom. The fraction of sp³-hybridized carbons (Fsp3) is 0.238. The van der Waals surface area contributed by atoms with E-state index in [2.05, 4.69) is 22.2 Å². The minimum atomic E-state index is -0.292. The van der Waals surface area contributed by atoms with Crippen LogP contribution in [0.1, 0.15) is 37.6 Å². The van der Waals surface area contributed by atoms with Gasteiger partial charge in [-0.15, -0.1) is 0 Å². The Balaban J connectivity index is 1.80. The van der Waals surface area contributed by atoms with Gasteiger partial charge >= 0.3 is 0 Å². The van der Waals surface area contributed by atoms with E-state index in [1.165, 1.54) is 18.5 Å². The summed E-state index contributed by atoms with van der Waals surface area (Å²) >= 11 is 6.41. The van der Waals surface area contributed by atoms with Crippen LogP contribution in [0.2, 0.25) is 5.02 Å². The van der Waals surface area contributed by atoms with Gasteiger partial charge in [0.05, 0.1) is 11.7 Å². The molecule has 0 fully saturated rings. The fourth-order valence-electron chi connectivity index (χ4n) is 2.77. The highest BCUT2D eigenvalue weighted by atomic mass is 35.5. The topological polar surface area (TPSA) is 47.0 Å². The number of rotatable bonds is 7.